The number of nitrogens with zero attached hydrogens (tertiary/aromatic N) is 4. The maximum absolute atomic E-state index is 15.8. The van der Waals surface area contributed by atoms with Gasteiger partial charge in [-0.2, -0.15) is 5.10 Å². The van der Waals surface area contributed by atoms with Gasteiger partial charge in [0.2, 0.25) is 8.32 Å². The fourth-order valence-electron chi connectivity index (χ4n) is 4.98. The van der Waals surface area contributed by atoms with E-state index in [0.717, 1.165) is 0 Å². The lowest BCUT2D eigenvalue weighted by atomic mass is 10.2. The Morgan fingerprint density at radius 2 is 1.74 bits per heavy atom. The van der Waals surface area contributed by atoms with Gasteiger partial charge in [0.05, 0.1) is 12.0 Å². The lowest BCUT2D eigenvalue weighted by Gasteiger charge is -2.44. The predicted octanol–water partition coefficient (Wildman–Crippen LogP) is 5.34. The van der Waals surface area contributed by atoms with E-state index in [1.54, 1.807) is 11.8 Å². The van der Waals surface area contributed by atoms with Crippen molar-refractivity contribution in [2.75, 3.05) is 12.3 Å². The first kappa shape index (κ1) is 24.4. The molecule has 7 nitrogen and oxygen atoms in total. The smallest absolute Gasteiger partial charge is 0.201 e. The van der Waals surface area contributed by atoms with Gasteiger partial charge in [0.25, 0.3) is 0 Å². The molecule has 2 N–H and O–H groups in total. The maximum atomic E-state index is 15.8. The average molecular weight is 470 g/mol. The van der Waals surface area contributed by atoms with Gasteiger partial charge in [0, 0.05) is 5.25 Å². The van der Waals surface area contributed by atoms with Crippen LogP contribution in [0.3, 0.4) is 0 Å². The van der Waals surface area contributed by atoms with Gasteiger partial charge in [0.1, 0.15) is 23.3 Å². The molecule has 2 aromatic rings. The van der Waals surface area contributed by atoms with Crippen molar-refractivity contribution in [3.63, 3.8) is 0 Å². The first-order chi connectivity index (χ1) is 14.5. The number of ether oxygens (including phenoxy) is 1. The van der Waals surface area contributed by atoms with Gasteiger partial charge in [0.15, 0.2) is 18.0 Å². The minimum atomic E-state index is -2.24. The third-order valence-electron chi connectivity index (χ3n) is 6.20. The fraction of sp³-hybridized carbons (Fsp3) is 0.762. The third-order valence-corrected chi connectivity index (χ3v) is 13.3. The summed E-state index contributed by atoms with van der Waals surface area (Å²) in [5.74, 6) is 0.339. The Bertz CT molecular complexity index is 885. The number of thioether (sulfide) groups is 1. The van der Waals surface area contributed by atoms with Gasteiger partial charge in [-0.3, -0.25) is 0 Å². The second kappa shape index (κ2) is 9.33. The zero-order valence-electron chi connectivity index (χ0n) is 19.8. The van der Waals surface area contributed by atoms with Gasteiger partial charge in [-0.25, -0.2) is 19.0 Å². The molecule has 0 aromatic carbocycles. The molecule has 0 saturated carbocycles. The van der Waals surface area contributed by atoms with E-state index in [2.05, 4.69) is 70.5 Å². The molecule has 3 atom stereocenters. The van der Waals surface area contributed by atoms with Gasteiger partial charge in [-0.15, -0.1) is 11.8 Å². The molecule has 0 amide bonds. The molecule has 1 saturated heterocycles. The van der Waals surface area contributed by atoms with E-state index in [4.69, 9.17) is 14.9 Å². The van der Waals surface area contributed by atoms with E-state index in [-0.39, 0.29) is 11.9 Å². The van der Waals surface area contributed by atoms with Crippen molar-refractivity contribution in [3.8, 4) is 0 Å². The van der Waals surface area contributed by atoms with Crippen molar-refractivity contribution in [2.45, 2.75) is 101 Å². The highest BCUT2D eigenvalue weighted by Gasteiger charge is 2.51. The summed E-state index contributed by atoms with van der Waals surface area (Å²) in [6, 6.07) is 0. The zero-order valence-corrected chi connectivity index (χ0v) is 21.6. The lowest BCUT2D eigenvalue weighted by Crippen LogP contribution is -2.52. The molecule has 31 heavy (non-hydrogen) atoms. The van der Waals surface area contributed by atoms with E-state index in [9.17, 15) is 0 Å². The Morgan fingerprint density at radius 1 is 1.13 bits per heavy atom. The molecule has 174 valence electrons. The van der Waals surface area contributed by atoms with Crippen molar-refractivity contribution < 1.29 is 13.6 Å². The van der Waals surface area contributed by atoms with Crippen LogP contribution in [0, 0.1) is 0 Å². The highest BCUT2D eigenvalue weighted by molar-refractivity contribution is 8.00. The summed E-state index contributed by atoms with van der Waals surface area (Å²) in [5, 5.41) is 6.27. The largest absolute Gasteiger partial charge is 0.408 e. The summed E-state index contributed by atoms with van der Waals surface area (Å²) in [6.07, 6.45) is -1.49. The summed E-state index contributed by atoms with van der Waals surface area (Å²) >= 11 is 1.55. The van der Waals surface area contributed by atoms with Crippen molar-refractivity contribution >= 4 is 36.9 Å². The topological polar surface area (TPSA) is 88.1 Å². The molecule has 0 bridgehead atoms. The van der Waals surface area contributed by atoms with Crippen LogP contribution in [0.25, 0.3) is 11.0 Å². The molecule has 0 radical (unpaired) electrons. The van der Waals surface area contributed by atoms with E-state index in [1.807, 2.05) is 0 Å². The van der Waals surface area contributed by atoms with E-state index < -0.39 is 26.8 Å². The second-order valence-electron chi connectivity index (χ2n) is 9.52. The fourth-order valence-corrected chi connectivity index (χ4v) is 11.4. The number of rotatable bonds is 8. The molecule has 1 fully saturated rings. The zero-order chi connectivity index (χ0) is 23.1. The van der Waals surface area contributed by atoms with Crippen LogP contribution in [0.4, 0.5) is 10.2 Å². The molecular formula is C21H36FN5O2SSi. The number of aromatic nitrogens is 4. The Labute approximate surface area is 189 Å². The summed E-state index contributed by atoms with van der Waals surface area (Å²) < 4.78 is 29.9. The number of fused-ring (bicyclic) bond motifs is 1. The highest BCUT2D eigenvalue weighted by Crippen LogP contribution is 2.45. The monoisotopic (exact) mass is 469 g/mol. The minimum absolute atomic E-state index is 0.196. The first-order valence-corrected chi connectivity index (χ1v) is 14.1. The molecule has 3 rings (SSSR count). The molecule has 0 aliphatic carbocycles. The van der Waals surface area contributed by atoms with Crippen LogP contribution in [0.5, 0.6) is 0 Å². The molecule has 0 unspecified atom stereocenters. The maximum Gasteiger partial charge on any atom is 0.201 e. The van der Waals surface area contributed by atoms with Crippen molar-refractivity contribution in [2.24, 2.45) is 0 Å². The Morgan fingerprint density at radius 3 is 2.29 bits per heavy atom. The molecular weight excluding hydrogens is 433 g/mol. The number of anilines is 1. The van der Waals surface area contributed by atoms with Gasteiger partial charge >= 0.3 is 0 Å². The number of nitrogens with two attached hydrogens (primary N) is 1. The first-order valence-electron chi connectivity index (χ1n) is 11.1. The SMILES string of the molecule is CC(C)Sc1nn([C@@H]2OC[C@@H](O[Si](C(C)C)(C(C)C)C(C)C)[C@@H]2F)c2ncnc(N)c12. The number of hydrogen-bond donors (Lipinski definition) is 1. The van der Waals surface area contributed by atoms with Crippen molar-refractivity contribution in [3.05, 3.63) is 6.33 Å². The minimum Gasteiger partial charge on any atom is -0.408 e. The number of nitrogen functional groups attached to an aromatic ring is 1. The summed E-state index contributed by atoms with van der Waals surface area (Å²) in [7, 11) is -2.24. The quantitative estimate of drug-likeness (QED) is 0.412. The number of halogens is 1. The van der Waals surface area contributed by atoms with Crippen LogP contribution < -0.4 is 5.73 Å². The van der Waals surface area contributed by atoms with Crippen molar-refractivity contribution in [1.82, 2.24) is 19.7 Å². The Hall–Kier alpha value is -1.23. The summed E-state index contributed by atoms with van der Waals surface area (Å²) in [5.41, 5.74) is 7.71. The lowest BCUT2D eigenvalue weighted by molar-refractivity contribution is 0.0138. The van der Waals surface area contributed by atoms with Crippen molar-refractivity contribution in [1.29, 1.82) is 0 Å². The predicted molar refractivity (Wildman–Crippen MR) is 127 cm³/mol. The van der Waals surface area contributed by atoms with Crippen LogP contribution >= 0.6 is 11.8 Å². The van der Waals surface area contributed by atoms with Crippen LogP contribution in [0.15, 0.2) is 11.4 Å². The van der Waals surface area contributed by atoms with Crippen LogP contribution in [-0.2, 0) is 9.16 Å². The van der Waals surface area contributed by atoms with E-state index in [1.165, 1.54) is 11.0 Å². The Balaban J connectivity index is 1.95. The van der Waals surface area contributed by atoms with Crippen LogP contribution in [0.2, 0.25) is 16.6 Å². The van der Waals surface area contributed by atoms with Gasteiger partial charge < -0.3 is 14.9 Å². The highest BCUT2D eigenvalue weighted by atomic mass is 32.2. The normalized spacial score (nSPS) is 22.7. The molecule has 3 heterocycles. The molecule has 10 heteroatoms. The van der Waals surface area contributed by atoms with Gasteiger partial charge in [-0.1, -0.05) is 55.4 Å². The van der Waals surface area contributed by atoms with Crippen LogP contribution in [0.1, 0.15) is 61.6 Å². The second-order valence-corrected chi connectivity index (χ2v) is 16.5. The van der Waals surface area contributed by atoms with Crippen LogP contribution in [-0.4, -0.2) is 52.2 Å². The molecule has 1 aliphatic rings. The number of alkyl halides is 1. The van der Waals surface area contributed by atoms with Gasteiger partial charge in [-0.05, 0) is 16.6 Å². The third kappa shape index (κ3) is 4.36. The Kier molecular flexibility index (Phi) is 7.34. The molecule has 2 aromatic heterocycles. The molecule has 1 aliphatic heterocycles. The number of hydrogen-bond acceptors (Lipinski definition) is 7. The summed E-state index contributed by atoms with van der Waals surface area (Å²) in [4.78, 5) is 8.45. The average Bonchev–Trinajstić information content (AvgIpc) is 3.19. The summed E-state index contributed by atoms with van der Waals surface area (Å²) in [6.45, 7) is 17.5. The van der Waals surface area contributed by atoms with E-state index in [0.29, 0.717) is 38.5 Å². The molecule has 0 spiro atoms. The standard InChI is InChI=1S/C21H36FN5O2SSi/c1-11(2)30-20-16-18(23)24-10-25-19(16)27(26-20)21-17(22)15(9-28-21)29-31(12(3)4,13(5)6)14(7)8/h10-15,17,21H,9H2,1-8H3,(H2,23,24,25)/t15-,17+,21-/m1/s1. The van der Waals surface area contributed by atoms with E-state index >= 15 is 4.39 Å².